The fourth-order valence-corrected chi connectivity index (χ4v) is 2.65. The van der Waals surface area contributed by atoms with Crippen LogP contribution in [0.25, 0.3) is 23.0 Å². The summed E-state index contributed by atoms with van der Waals surface area (Å²) < 4.78 is 19.5. The summed E-state index contributed by atoms with van der Waals surface area (Å²) in [6.45, 7) is 0. The first-order valence-electron chi connectivity index (χ1n) is 7.40. The summed E-state index contributed by atoms with van der Waals surface area (Å²) in [7, 11) is 0. The molecule has 0 aliphatic heterocycles. The second kappa shape index (κ2) is 7.21. The minimum absolute atomic E-state index is 0.110. The molecule has 0 N–H and O–H groups in total. The van der Waals surface area contributed by atoms with Crippen LogP contribution >= 0.6 is 11.6 Å². The van der Waals surface area contributed by atoms with E-state index in [1.807, 2.05) is 6.07 Å². The van der Waals surface area contributed by atoms with Crippen molar-refractivity contribution in [2.45, 2.75) is 0 Å². The van der Waals surface area contributed by atoms with Crippen molar-refractivity contribution in [1.29, 1.82) is 5.26 Å². The van der Waals surface area contributed by atoms with Gasteiger partial charge in [-0.1, -0.05) is 29.8 Å². The smallest absolute Gasteiger partial charge is 0.270 e. The SMILES string of the molecule is N#C/C(=C/c1ccc(-c2ccc([N+](=O)[O-])cc2Cl)o1)c1ccccc1F. The van der Waals surface area contributed by atoms with E-state index >= 15 is 0 Å². The molecule has 0 spiro atoms. The molecule has 0 amide bonds. The molecule has 26 heavy (non-hydrogen) atoms. The van der Waals surface area contributed by atoms with Crippen LogP contribution in [0, 0.1) is 27.3 Å². The zero-order valence-corrected chi connectivity index (χ0v) is 13.9. The molecule has 3 aromatic rings. The van der Waals surface area contributed by atoms with E-state index in [4.69, 9.17) is 16.0 Å². The lowest BCUT2D eigenvalue weighted by Gasteiger charge is -2.01. The van der Waals surface area contributed by atoms with Gasteiger partial charge in [0.25, 0.3) is 5.69 Å². The van der Waals surface area contributed by atoms with E-state index in [-0.39, 0.29) is 21.8 Å². The molecule has 1 heterocycles. The molecule has 128 valence electrons. The Morgan fingerprint density at radius 2 is 2.00 bits per heavy atom. The maximum absolute atomic E-state index is 13.9. The molecule has 0 fully saturated rings. The van der Waals surface area contributed by atoms with E-state index in [1.165, 1.54) is 42.5 Å². The summed E-state index contributed by atoms with van der Waals surface area (Å²) in [4.78, 5) is 10.2. The van der Waals surface area contributed by atoms with Crippen molar-refractivity contribution in [3.63, 3.8) is 0 Å². The van der Waals surface area contributed by atoms with E-state index in [2.05, 4.69) is 0 Å². The number of halogens is 2. The molecule has 0 unspecified atom stereocenters. The molecule has 7 heteroatoms. The van der Waals surface area contributed by atoms with Gasteiger partial charge in [-0.05, 0) is 30.3 Å². The number of nitriles is 1. The second-order valence-corrected chi connectivity index (χ2v) is 5.68. The van der Waals surface area contributed by atoms with E-state index in [0.29, 0.717) is 17.1 Å². The molecule has 3 rings (SSSR count). The van der Waals surface area contributed by atoms with Gasteiger partial charge in [-0.2, -0.15) is 5.26 Å². The molecule has 0 saturated carbocycles. The first kappa shape index (κ1) is 17.4. The first-order chi connectivity index (χ1) is 12.5. The molecule has 0 aliphatic rings. The highest BCUT2D eigenvalue weighted by Crippen LogP contribution is 2.33. The summed E-state index contributed by atoms with van der Waals surface area (Å²) in [5, 5.41) is 20.2. The standard InChI is InChI=1S/C19H10ClFN2O3/c20-17-10-13(23(24)25)5-7-16(17)19-8-6-14(26-19)9-12(11-22)15-3-1-2-4-18(15)21/h1-10H/b12-9-. The van der Waals surface area contributed by atoms with Gasteiger partial charge < -0.3 is 4.42 Å². The molecule has 2 aromatic carbocycles. The number of hydrogen-bond donors (Lipinski definition) is 0. The van der Waals surface area contributed by atoms with Gasteiger partial charge in [-0.15, -0.1) is 0 Å². The number of nitro benzene ring substituents is 1. The summed E-state index contributed by atoms with van der Waals surface area (Å²) in [5.41, 5.74) is 0.623. The predicted octanol–water partition coefficient (Wildman–Crippen LogP) is 5.71. The normalized spacial score (nSPS) is 11.2. The van der Waals surface area contributed by atoms with Gasteiger partial charge in [-0.25, -0.2) is 4.39 Å². The van der Waals surface area contributed by atoms with E-state index in [9.17, 15) is 19.8 Å². The highest BCUT2D eigenvalue weighted by molar-refractivity contribution is 6.33. The van der Waals surface area contributed by atoms with Crippen LogP contribution < -0.4 is 0 Å². The minimum atomic E-state index is -0.542. The first-order valence-corrected chi connectivity index (χ1v) is 7.78. The molecular weight excluding hydrogens is 359 g/mol. The number of allylic oxidation sites excluding steroid dienone is 1. The van der Waals surface area contributed by atoms with Gasteiger partial charge in [0.15, 0.2) is 0 Å². The molecule has 0 saturated heterocycles. The third-order valence-corrected chi connectivity index (χ3v) is 3.94. The van der Waals surface area contributed by atoms with Gasteiger partial charge in [0.2, 0.25) is 0 Å². The van der Waals surface area contributed by atoms with Gasteiger partial charge in [0, 0.05) is 23.3 Å². The zero-order chi connectivity index (χ0) is 18.7. The monoisotopic (exact) mass is 368 g/mol. The van der Waals surface area contributed by atoms with Gasteiger partial charge >= 0.3 is 0 Å². The van der Waals surface area contributed by atoms with Crippen LogP contribution in [0.2, 0.25) is 5.02 Å². The highest BCUT2D eigenvalue weighted by atomic mass is 35.5. The average molecular weight is 369 g/mol. The Morgan fingerprint density at radius 1 is 1.23 bits per heavy atom. The van der Waals surface area contributed by atoms with Crippen LogP contribution in [0.1, 0.15) is 11.3 Å². The Kier molecular flexibility index (Phi) is 4.83. The van der Waals surface area contributed by atoms with Crippen molar-refractivity contribution in [2.24, 2.45) is 0 Å². The lowest BCUT2D eigenvalue weighted by atomic mass is 10.1. The van der Waals surface area contributed by atoms with E-state index in [1.54, 1.807) is 18.2 Å². The molecule has 0 atom stereocenters. The van der Waals surface area contributed by atoms with Crippen LogP contribution in [-0.2, 0) is 0 Å². The predicted molar refractivity (Wildman–Crippen MR) is 95.7 cm³/mol. The number of nitro groups is 1. The summed E-state index contributed by atoms with van der Waals surface area (Å²) in [5.74, 6) is 0.196. The average Bonchev–Trinajstić information content (AvgIpc) is 3.08. The fraction of sp³-hybridized carbons (Fsp3) is 0. The Morgan fingerprint density at radius 3 is 2.65 bits per heavy atom. The summed E-state index contributed by atoms with van der Waals surface area (Å²) in [6, 6.07) is 15.1. The Hall–Kier alpha value is -3.43. The van der Waals surface area contributed by atoms with Crippen molar-refractivity contribution in [1.82, 2.24) is 0 Å². The van der Waals surface area contributed by atoms with Crippen LogP contribution in [-0.4, -0.2) is 4.92 Å². The summed E-state index contributed by atoms with van der Waals surface area (Å²) >= 11 is 6.09. The Bertz CT molecular complexity index is 1070. The largest absolute Gasteiger partial charge is 0.457 e. The van der Waals surface area contributed by atoms with Crippen LogP contribution in [0.3, 0.4) is 0 Å². The quantitative estimate of drug-likeness (QED) is 0.335. The summed E-state index contributed by atoms with van der Waals surface area (Å²) in [6.07, 6.45) is 1.42. The fourth-order valence-electron chi connectivity index (χ4n) is 2.38. The highest BCUT2D eigenvalue weighted by Gasteiger charge is 2.14. The van der Waals surface area contributed by atoms with Crippen molar-refractivity contribution in [2.75, 3.05) is 0 Å². The minimum Gasteiger partial charge on any atom is -0.457 e. The number of furan rings is 1. The Labute approximate surface area is 152 Å². The van der Waals surface area contributed by atoms with Crippen LogP contribution in [0.4, 0.5) is 10.1 Å². The molecule has 5 nitrogen and oxygen atoms in total. The maximum atomic E-state index is 13.9. The third-order valence-electron chi connectivity index (χ3n) is 3.63. The second-order valence-electron chi connectivity index (χ2n) is 5.27. The van der Waals surface area contributed by atoms with Gasteiger partial charge in [0.05, 0.1) is 21.6 Å². The maximum Gasteiger partial charge on any atom is 0.270 e. The lowest BCUT2D eigenvalue weighted by Crippen LogP contribution is -1.88. The zero-order valence-electron chi connectivity index (χ0n) is 13.1. The molecule has 0 radical (unpaired) electrons. The van der Waals surface area contributed by atoms with Crippen LogP contribution in [0.5, 0.6) is 0 Å². The van der Waals surface area contributed by atoms with Gasteiger partial charge in [-0.3, -0.25) is 10.1 Å². The van der Waals surface area contributed by atoms with Crippen molar-refractivity contribution in [3.05, 3.63) is 86.9 Å². The van der Waals surface area contributed by atoms with Gasteiger partial charge in [0.1, 0.15) is 17.3 Å². The van der Waals surface area contributed by atoms with Crippen molar-refractivity contribution in [3.8, 4) is 17.4 Å². The molecular formula is C19H10ClFN2O3. The molecule has 1 aromatic heterocycles. The van der Waals surface area contributed by atoms with Crippen molar-refractivity contribution < 1.29 is 13.7 Å². The van der Waals surface area contributed by atoms with E-state index in [0.717, 1.165) is 0 Å². The van der Waals surface area contributed by atoms with Crippen LogP contribution in [0.15, 0.2) is 59.0 Å². The number of nitrogens with zero attached hydrogens (tertiary/aromatic N) is 2. The molecule has 0 bridgehead atoms. The van der Waals surface area contributed by atoms with E-state index < -0.39 is 10.7 Å². The molecule has 0 aliphatic carbocycles. The lowest BCUT2D eigenvalue weighted by molar-refractivity contribution is -0.384. The number of hydrogen-bond acceptors (Lipinski definition) is 4. The number of benzene rings is 2. The third kappa shape index (κ3) is 3.48. The number of rotatable bonds is 4. The van der Waals surface area contributed by atoms with Crippen molar-refractivity contribution >= 4 is 28.9 Å². The topological polar surface area (TPSA) is 80.1 Å². The number of non-ortho nitro benzene ring substituents is 1. The Balaban J connectivity index is 1.97.